The van der Waals surface area contributed by atoms with Crippen molar-refractivity contribution in [1.29, 1.82) is 0 Å². The van der Waals surface area contributed by atoms with E-state index in [0.717, 1.165) is 17.7 Å². The summed E-state index contributed by atoms with van der Waals surface area (Å²) in [6.45, 7) is 1.33. The van der Waals surface area contributed by atoms with Gasteiger partial charge in [0.25, 0.3) is 0 Å². The maximum absolute atomic E-state index is 13.0. The quantitative estimate of drug-likeness (QED) is 0.504. The third kappa shape index (κ3) is 5.60. The zero-order chi connectivity index (χ0) is 16.0. The lowest BCUT2D eigenvalue weighted by Gasteiger charge is -2.18. The Morgan fingerprint density at radius 1 is 0.913 bits per heavy atom. The van der Waals surface area contributed by atoms with Gasteiger partial charge < -0.3 is 13.8 Å². The van der Waals surface area contributed by atoms with E-state index in [1.807, 2.05) is 60.7 Å². The van der Waals surface area contributed by atoms with E-state index in [4.69, 9.17) is 13.8 Å². The molecule has 4 nitrogen and oxygen atoms in total. The molecule has 2 aromatic rings. The molecule has 122 valence electrons. The molecule has 0 amide bonds. The van der Waals surface area contributed by atoms with Gasteiger partial charge in [-0.15, -0.1) is 0 Å². The summed E-state index contributed by atoms with van der Waals surface area (Å²) in [4.78, 5) is 0. The molecule has 0 aliphatic carbocycles. The Morgan fingerprint density at radius 2 is 1.39 bits per heavy atom. The van der Waals surface area contributed by atoms with Crippen LogP contribution >= 0.6 is 7.60 Å². The second-order valence-corrected chi connectivity index (χ2v) is 7.78. The molecular formula is C18H21O4P. The lowest BCUT2D eigenvalue weighted by molar-refractivity contribution is 0.190. The highest BCUT2D eigenvalue weighted by Crippen LogP contribution is 2.51. The van der Waals surface area contributed by atoms with Crippen molar-refractivity contribution in [1.82, 2.24) is 0 Å². The van der Waals surface area contributed by atoms with E-state index in [1.54, 1.807) is 0 Å². The van der Waals surface area contributed by atoms with E-state index in [0.29, 0.717) is 25.8 Å². The van der Waals surface area contributed by atoms with E-state index in [-0.39, 0.29) is 6.10 Å². The summed E-state index contributed by atoms with van der Waals surface area (Å²) in [5, 5.41) is 0. The Bertz CT molecular complexity index is 593. The van der Waals surface area contributed by atoms with Crippen molar-refractivity contribution in [2.75, 3.05) is 12.8 Å². The number of hydrogen-bond donors (Lipinski definition) is 0. The first-order valence-corrected chi connectivity index (χ1v) is 9.54. The highest BCUT2D eigenvalue weighted by Gasteiger charge is 2.30. The largest absolute Gasteiger partial charge is 0.373 e. The van der Waals surface area contributed by atoms with E-state index in [9.17, 15) is 4.57 Å². The van der Waals surface area contributed by atoms with Crippen molar-refractivity contribution in [2.24, 2.45) is 0 Å². The first kappa shape index (κ1) is 16.4. The number of epoxide rings is 1. The van der Waals surface area contributed by atoms with Crippen molar-refractivity contribution >= 4 is 7.60 Å². The predicted molar refractivity (Wildman–Crippen MR) is 89.3 cm³/mol. The van der Waals surface area contributed by atoms with Crippen LogP contribution in [-0.4, -0.2) is 18.9 Å². The fourth-order valence-corrected chi connectivity index (χ4v) is 3.83. The molecule has 1 fully saturated rings. The van der Waals surface area contributed by atoms with Crippen LogP contribution in [0.5, 0.6) is 0 Å². The molecule has 0 aromatic heterocycles. The molecule has 23 heavy (non-hydrogen) atoms. The second-order valence-electron chi connectivity index (χ2n) is 5.60. The van der Waals surface area contributed by atoms with Crippen LogP contribution in [0.1, 0.15) is 17.5 Å². The van der Waals surface area contributed by atoms with E-state index < -0.39 is 7.60 Å². The molecular weight excluding hydrogens is 311 g/mol. The Balaban J connectivity index is 1.59. The summed E-state index contributed by atoms with van der Waals surface area (Å²) in [6, 6.07) is 19.4. The normalized spacial score (nSPS) is 17.1. The van der Waals surface area contributed by atoms with Crippen molar-refractivity contribution in [2.45, 2.75) is 25.7 Å². The van der Waals surface area contributed by atoms with E-state index in [2.05, 4.69) is 0 Å². The molecule has 1 atom stereocenters. The van der Waals surface area contributed by atoms with Crippen molar-refractivity contribution in [3.63, 3.8) is 0 Å². The zero-order valence-electron chi connectivity index (χ0n) is 13.0. The Hall–Kier alpha value is -1.45. The van der Waals surface area contributed by atoms with Gasteiger partial charge >= 0.3 is 7.60 Å². The molecule has 0 saturated carbocycles. The molecule has 1 heterocycles. The predicted octanol–water partition coefficient (Wildman–Crippen LogP) is 4.40. The fourth-order valence-electron chi connectivity index (χ4n) is 2.20. The SMILES string of the molecule is O=P(CC[C@@H]1CO1)(OCc1ccccc1)OCc1ccccc1. The molecule has 1 saturated heterocycles. The molecule has 0 unspecified atom stereocenters. The number of ether oxygens (including phenoxy) is 1. The first-order chi connectivity index (χ1) is 11.2. The summed E-state index contributed by atoms with van der Waals surface area (Å²) < 4.78 is 29.6. The van der Waals surface area contributed by atoms with Crippen molar-refractivity contribution < 1.29 is 18.3 Å². The van der Waals surface area contributed by atoms with Crippen LogP contribution in [0, 0.1) is 0 Å². The van der Waals surface area contributed by atoms with Gasteiger partial charge in [0.2, 0.25) is 0 Å². The van der Waals surface area contributed by atoms with Crippen molar-refractivity contribution in [3.8, 4) is 0 Å². The van der Waals surface area contributed by atoms with Crippen LogP contribution in [0.4, 0.5) is 0 Å². The van der Waals surface area contributed by atoms with E-state index in [1.165, 1.54) is 0 Å². The lowest BCUT2D eigenvalue weighted by atomic mass is 10.2. The molecule has 0 radical (unpaired) electrons. The minimum Gasteiger partial charge on any atom is -0.373 e. The minimum atomic E-state index is -3.14. The summed E-state index contributed by atoms with van der Waals surface area (Å²) in [5.41, 5.74) is 1.97. The molecule has 3 rings (SSSR count). The Kier molecular flexibility index (Phi) is 5.63. The van der Waals surface area contributed by atoms with Crippen LogP contribution in [-0.2, 0) is 31.6 Å². The molecule has 0 spiro atoms. The topological polar surface area (TPSA) is 48.1 Å². The highest BCUT2D eigenvalue weighted by atomic mass is 31.2. The molecule has 1 aliphatic rings. The second kappa shape index (κ2) is 7.89. The van der Waals surface area contributed by atoms with Crippen molar-refractivity contribution in [3.05, 3.63) is 71.8 Å². The molecule has 0 N–H and O–H groups in total. The standard InChI is InChI=1S/C18H21O4P/c19-23(12-11-18-15-20-18,21-13-16-7-3-1-4-8-16)22-14-17-9-5-2-6-10-17/h1-10,18H,11-15H2/t18-/m1/s1. The molecule has 0 bridgehead atoms. The van der Waals surface area contributed by atoms with Crippen LogP contribution in [0.15, 0.2) is 60.7 Å². The average Bonchev–Trinajstić information content (AvgIpc) is 3.43. The van der Waals surface area contributed by atoms with Gasteiger partial charge in [-0.05, 0) is 17.5 Å². The number of benzene rings is 2. The molecule has 2 aromatic carbocycles. The minimum absolute atomic E-state index is 0.212. The average molecular weight is 332 g/mol. The maximum atomic E-state index is 13.0. The van der Waals surface area contributed by atoms with Gasteiger partial charge in [-0.1, -0.05) is 60.7 Å². The zero-order valence-corrected chi connectivity index (χ0v) is 13.9. The van der Waals surface area contributed by atoms with E-state index >= 15 is 0 Å². The Labute approximate surface area is 136 Å². The smallest absolute Gasteiger partial charge is 0.331 e. The number of hydrogen-bond acceptors (Lipinski definition) is 4. The third-order valence-corrected chi connectivity index (χ3v) is 5.52. The van der Waals surface area contributed by atoms with Gasteiger partial charge in [0.1, 0.15) is 0 Å². The van der Waals surface area contributed by atoms with Crippen LogP contribution in [0.3, 0.4) is 0 Å². The van der Waals surface area contributed by atoms with Crippen LogP contribution < -0.4 is 0 Å². The number of rotatable bonds is 9. The van der Waals surface area contributed by atoms with Gasteiger partial charge in [-0.2, -0.15) is 0 Å². The van der Waals surface area contributed by atoms with Gasteiger partial charge in [-0.25, -0.2) is 0 Å². The summed E-state index contributed by atoms with van der Waals surface area (Å²) in [5.74, 6) is 0. The van der Waals surface area contributed by atoms with Gasteiger partial charge in [0.15, 0.2) is 0 Å². The summed E-state index contributed by atoms with van der Waals surface area (Å²) in [7, 11) is -3.14. The molecule has 1 aliphatic heterocycles. The van der Waals surface area contributed by atoms with Gasteiger partial charge in [0.05, 0.1) is 32.1 Å². The lowest BCUT2D eigenvalue weighted by Crippen LogP contribution is -2.03. The monoisotopic (exact) mass is 332 g/mol. The fraction of sp³-hybridized carbons (Fsp3) is 0.333. The first-order valence-electron chi connectivity index (χ1n) is 7.81. The molecule has 5 heteroatoms. The summed E-state index contributed by atoms with van der Waals surface area (Å²) in [6.07, 6.45) is 1.31. The third-order valence-electron chi connectivity index (χ3n) is 3.67. The van der Waals surface area contributed by atoms with Gasteiger partial charge in [-0.3, -0.25) is 4.57 Å². The van der Waals surface area contributed by atoms with Gasteiger partial charge in [0, 0.05) is 0 Å². The highest BCUT2D eigenvalue weighted by molar-refractivity contribution is 7.53. The maximum Gasteiger partial charge on any atom is 0.331 e. The summed E-state index contributed by atoms with van der Waals surface area (Å²) >= 11 is 0. The van der Waals surface area contributed by atoms with Crippen LogP contribution in [0.25, 0.3) is 0 Å². The Morgan fingerprint density at radius 3 is 1.83 bits per heavy atom. The van der Waals surface area contributed by atoms with Crippen LogP contribution in [0.2, 0.25) is 0 Å².